The maximum absolute atomic E-state index is 5.84. The molecular weight excluding hydrogens is 288 g/mol. The van der Waals surface area contributed by atoms with Gasteiger partial charge in [-0.15, -0.1) is 0 Å². The average molecular weight is 304 g/mol. The highest BCUT2D eigenvalue weighted by Crippen LogP contribution is 2.42. The third-order valence-corrected chi connectivity index (χ3v) is 4.04. The van der Waals surface area contributed by atoms with E-state index in [1.165, 1.54) is 5.56 Å². The van der Waals surface area contributed by atoms with Crippen molar-refractivity contribution in [3.8, 4) is 23.1 Å². The standard InChI is InChI=1S/C19H16N2O2/c1-22-18-16-15(13-8-4-2-5-9-13)12-23-19(16)21-17(20-18)14-10-6-3-7-11-14/h2-11,15H,12H2,1H3. The number of hydrogen-bond donors (Lipinski definition) is 0. The second-order valence-corrected chi connectivity index (χ2v) is 5.42. The highest BCUT2D eigenvalue weighted by molar-refractivity contribution is 5.59. The van der Waals surface area contributed by atoms with E-state index in [1.807, 2.05) is 48.5 Å². The zero-order valence-corrected chi connectivity index (χ0v) is 12.8. The Bertz CT molecular complexity index is 820. The van der Waals surface area contributed by atoms with Gasteiger partial charge >= 0.3 is 0 Å². The van der Waals surface area contributed by atoms with Crippen molar-refractivity contribution in [1.82, 2.24) is 9.97 Å². The van der Waals surface area contributed by atoms with Crippen LogP contribution < -0.4 is 9.47 Å². The number of ether oxygens (including phenoxy) is 2. The summed E-state index contributed by atoms with van der Waals surface area (Å²) in [6.07, 6.45) is 0. The van der Waals surface area contributed by atoms with E-state index in [-0.39, 0.29) is 5.92 Å². The van der Waals surface area contributed by atoms with E-state index in [1.54, 1.807) is 7.11 Å². The van der Waals surface area contributed by atoms with Gasteiger partial charge in [-0.2, -0.15) is 9.97 Å². The maximum atomic E-state index is 5.84. The van der Waals surface area contributed by atoms with Crippen LogP contribution in [0.15, 0.2) is 60.7 Å². The normalized spacial score (nSPS) is 15.8. The molecule has 0 N–H and O–H groups in total. The topological polar surface area (TPSA) is 44.2 Å². The Morgan fingerprint density at radius 3 is 2.35 bits per heavy atom. The average Bonchev–Trinajstić information content (AvgIpc) is 3.06. The van der Waals surface area contributed by atoms with Crippen LogP contribution in [0.1, 0.15) is 17.0 Å². The zero-order valence-electron chi connectivity index (χ0n) is 12.8. The molecule has 0 radical (unpaired) electrons. The predicted octanol–water partition coefficient (Wildman–Crippen LogP) is 3.68. The van der Waals surface area contributed by atoms with Crippen molar-refractivity contribution in [2.45, 2.75) is 5.92 Å². The van der Waals surface area contributed by atoms with Gasteiger partial charge in [-0.3, -0.25) is 0 Å². The SMILES string of the molecule is COc1nc(-c2ccccc2)nc2c1C(c1ccccc1)CO2. The van der Waals surface area contributed by atoms with Crippen LogP contribution in [0, 0.1) is 0 Å². The fraction of sp³-hybridized carbons (Fsp3) is 0.158. The van der Waals surface area contributed by atoms with Crippen molar-refractivity contribution in [1.29, 1.82) is 0 Å². The smallest absolute Gasteiger partial charge is 0.224 e. The lowest BCUT2D eigenvalue weighted by atomic mass is 9.95. The molecule has 1 aromatic heterocycles. The van der Waals surface area contributed by atoms with Crippen LogP contribution in [0.4, 0.5) is 0 Å². The molecule has 3 aromatic rings. The minimum atomic E-state index is 0.103. The number of nitrogens with zero attached hydrogens (tertiary/aromatic N) is 2. The Morgan fingerprint density at radius 2 is 1.65 bits per heavy atom. The fourth-order valence-corrected chi connectivity index (χ4v) is 2.90. The van der Waals surface area contributed by atoms with Crippen LogP contribution in [0.3, 0.4) is 0 Å². The first-order chi connectivity index (χ1) is 11.4. The number of benzene rings is 2. The molecule has 2 aromatic carbocycles. The molecule has 0 spiro atoms. The molecule has 0 fully saturated rings. The van der Waals surface area contributed by atoms with Gasteiger partial charge in [0.1, 0.15) is 6.61 Å². The molecule has 2 heterocycles. The number of aromatic nitrogens is 2. The molecule has 0 saturated carbocycles. The van der Waals surface area contributed by atoms with Gasteiger partial charge in [0.15, 0.2) is 5.82 Å². The van der Waals surface area contributed by atoms with Crippen molar-refractivity contribution in [2.24, 2.45) is 0 Å². The number of fused-ring (bicyclic) bond motifs is 1. The lowest BCUT2D eigenvalue weighted by molar-refractivity contribution is 0.332. The minimum absolute atomic E-state index is 0.103. The second-order valence-electron chi connectivity index (χ2n) is 5.42. The third kappa shape index (κ3) is 2.42. The Balaban J connectivity index is 1.82. The quantitative estimate of drug-likeness (QED) is 0.740. The summed E-state index contributed by atoms with van der Waals surface area (Å²) in [6, 6.07) is 20.1. The summed E-state index contributed by atoms with van der Waals surface area (Å²) in [6.45, 7) is 0.558. The minimum Gasteiger partial charge on any atom is -0.481 e. The first-order valence-electron chi connectivity index (χ1n) is 7.56. The van der Waals surface area contributed by atoms with Crippen LogP contribution in [0.5, 0.6) is 11.8 Å². The van der Waals surface area contributed by atoms with Crippen LogP contribution in [-0.2, 0) is 0 Å². The van der Waals surface area contributed by atoms with Gasteiger partial charge < -0.3 is 9.47 Å². The second kappa shape index (κ2) is 5.72. The van der Waals surface area contributed by atoms with Gasteiger partial charge in [-0.25, -0.2) is 0 Å². The summed E-state index contributed by atoms with van der Waals surface area (Å²) < 4.78 is 11.4. The van der Waals surface area contributed by atoms with Crippen LogP contribution in [0.25, 0.3) is 11.4 Å². The van der Waals surface area contributed by atoms with E-state index >= 15 is 0 Å². The van der Waals surface area contributed by atoms with Crippen LogP contribution in [0.2, 0.25) is 0 Å². The molecular formula is C19H16N2O2. The molecule has 114 valence electrons. The Kier molecular flexibility index (Phi) is 3.42. The molecule has 0 saturated heterocycles. The Labute approximate surface area is 134 Å². The third-order valence-electron chi connectivity index (χ3n) is 4.04. The molecule has 0 bridgehead atoms. The van der Waals surface area contributed by atoms with E-state index in [0.717, 1.165) is 11.1 Å². The Morgan fingerprint density at radius 1 is 0.957 bits per heavy atom. The highest BCUT2D eigenvalue weighted by atomic mass is 16.5. The van der Waals surface area contributed by atoms with E-state index in [2.05, 4.69) is 22.1 Å². The lowest BCUT2D eigenvalue weighted by Gasteiger charge is -2.12. The van der Waals surface area contributed by atoms with E-state index in [9.17, 15) is 0 Å². The van der Waals surface area contributed by atoms with Gasteiger partial charge in [-0.05, 0) is 5.56 Å². The molecule has 0 amide bonds. The molecule has 1 atom stereocenters. The van der Waals surface area contributed by atoms with Crippen molar-refractivity contribution in [3.05, 3.63) is 71.8 Å². The van der Waals surface area contributed by atoms with E-state index in [0.29, 0.717) is 24.2 Å². The number of rotatable bonds is 3. The molecule has 1 aliphatic rings. The Hall–Kier alpha value is -2.88. The van der Waals surface area contributed by atoms with Crippen LogP contribution in [-0.4, -0.2) is 23.7 Å². The highest BCUT2D eigenvalue weighted by Gasteiger charge is 2.32. The molecule has 4 heteroatoms. The monoisotopic (exact) mass is 304 g/mol. The molecule has 4 nitrogen and oxygen atoms in total. The first kappa shape index (κ1) is 13.8. The zero-order chi connectivity index (χ0) is 15.6. The number of hydrogen-bond acceptors (Lipinski definition) is 4. The van der Waals surface area contributed by atoms with Gasteiger partial charge in [0, 0.05) is 5.56 Å². The maximum Gasteiger partial charge on any atom is 0.224 e. The summed E-state index contributed by atoms with van der Waals surface area (Å²) in [4.78, 5) is 9.19. The fourth-order valence-electron chi connectivity index (χ4n) is 2.90. The summed E-state index contributed by atoms with van der Waals surface area (Å²) in [5, 5.41) is 0. The van der Waals surface area contributed by atoms with Gasteiger partial charge in [0.25, 0.3) is 0 Å². The largest absolute Gasteiger partial charge is 0.481 e. The summed E-state index contributed by atoms with van der Waals surface area (Å²) in [5.41, 5.74) is 3.05. The molecule has 1 aliphatic heterocycles. The molecule has 1 unspecified atom stereocenters. The van der Waals surface area contributed by atoms with Gasteiger partial charge in [0.2, 0.25) is 11.8 Å². The van der Waals surface area contributed by atoms with Crippen LogP contribution >= 0.6 is 0 Å². The van der Waals surface area contributed by atoms with Crippen molar-refractivity contribution in [3.63, 3.8) is 0 Å². The van der Waals surface area contributed by atoms with Crippen molar-refractivity contribution >= 4 is 0 Å². The summed E-state index contributed by atoms with van der Waals surface area (Å²) in [5.74, 6) is 1.92. The molecule has 0 aliphatic carbocycles. The number of methoxy groups -OCH3 is 1. The summed E-state index contributed by atoms with van der Waals surface area (Å²) in [7, 11) is 1.64. The summed E-state index contributed by atoms with van der Waals surface area (Å²) >= 11 is 0. The predicted molar refractivity (Wildman–Crippen MR) is 87.8 cm³/mol. The first-order valence-corrected chi connectivity index (χ1v) is 7.56. The van der Waals surface area contributed by atoms with Gasteiger partial charge in [0.05, 0.1) is 18.6 Å². The van der Waals surface area contributed by atoms with E-state index in [4.69, 9.17) is 9.47 Å². The van der Waals surface area contributed by atoms with Gasteiger partial charge in [-0.1, -0.05) is 60.7 Å². The lowest BCUT2D eigenvalue weighted by Crippen LogP contribution is -2.04. The molecule has 23 heavy (non-hydrogen) atoms. The van der Waals surface area contributed by atoms with E-state index < -0.39 is 0 Å². The molecule has 4 rings (SSSR count). The van der Waals surface area contributed by atoms with Crippen molar-refractivity contribution in [2.75, 3.05) is 13.7 Å². The van der Waals surface area contributed by atoms with Crippen molar-refractivity contribution < 1.29 is 9.47 Å².